The van der Waals surface area contributed by atoms with Crippen LogP contribution in [0.25, 0.3) is 0 Å². The maximum Gasteiger partial charge on any atom is 0.223 e. The summed E-state index contributed by atoms with van der Waals surface area (Å²) < 4.78 is 0. The third-order valence-corrected chi connectivity index (χ3v) is 2.60. The van der Waals surface area contributed by atoms with Crippen LogP contribution in [0.15, 0.2) is 24.3 Å². The maximum absolute atomic E-state index is 11.6. The van der Waals surface area contributed by atoms with Gasteiger partial charge < -0.3 is 16.2 Å². The molecule has 0 aromatic heterocycles. The molecule has 1 aromatic carbocycles. The molecular formula is C13H19N3O2. The molecule has 5 N–H and O–H groups in total. The Kier molecular flexibility index (Phi) is 5.17. The topological polar surface area (TPSA) is 99.2 Å². The Morgan fingerprint density at radius 2 is 2.28 bits per heavy atom. The third-order valence-electron chi connectivity index (χ3n) is 2.60. The SMILES string of the molecule is C[C@H](CC(=N)N)C(=O)NCCc1cccc(O)c1. The van der Waals surface area contributed by atoms with E-state index in [-0.39, 0.29) is 29.8 Å². The van der Waals surface area contributed by atoms with Crippen LogP contribution >= 0.6 is 0 Å². The second kappa shape index (κ2) is 6.64. The largest absolute Gasteiger partial charge is 0.508 e. The average molecular weight is 249 g/mol. The zero-order chi connectivity index (χ0) is 13.5. The molecule has 0 aliphatic carbocycles. The number of carbonyl (C=O) groups is 1. The molecule has 5 nitrogen and oxygen atoms in total. The predicted octanol–water partition coefficient (Wildman–Crippen LogP) is 1.01. The Balaban J connectivity index is 2.33. The molecule has 0 fully saturated rings. The van der Waals surface area contributed by atoms with Gasteiger partial charge in [0, 0.05) is 18.9 Å². The Labute approximate surface area is 107 Å². The number of phenols is 1. The molecule has 18 heavy (non-hydrogen) atoms. The van der Waals surface area contributed by atoms with E-state index in [0.29, 0.717) is 13.0 Å². The molecule has 0 aliphatic heterocycles. The molecule has 1 atom stereocenters. The highest BCUT2D eigenvalue weighted by atomic mass is 16.3. The van der Waals surface area contributed by atoms with Gasteiger partial charge in [0.2, 0.25) is 5.91 Å². The fourth-order valence-corrected chi connectivity index (χ4v) is 1.64. The van der Waals surface area contributed by atoms with Crippen molar-refractivity contribution in [2.75, 3.05) is 6.54 Å². The highest BCUT2D eigenvalue weighted by Gasteiger charge is 2.12. The van der Waals surface area contributed by atoms with Crippen LogP contribution in [0.2, 0.25) is 0 Å². The van der Waals surface area contributed by atoms with E-state index in [1.807, 2.05) is 6.07 Å². The Bertz CT molecular complexity index is 432. The van der Waals surface area contributed by atoms with E-state index >= 15 is 0 Å². The standard InChI is InChI=1S/C13H19N3O2/c1-9(7-12(14)15)13(18)16-6-5-10-3-2-4-11(17)8-10/h2-4,8-9,17H,5-7H2,1H3,(H3,14,15)(H,16,18)/t9-/m1/s1. The number of benzene rings is 1. The summed E-state index contributed by atoms with van der Waals surface area (Å²) in [5, 5.41) is 19.2. The number of nitrogens with one attached hydrogen (secondary N) is 2. The minimum Gasteiger partial charge on any atom is -0.508 e. The first-order valence-corrected chi connectivity index (χ1v) is 5.87. The van der Waals surface area contributed by atoms with Gasteiger partial charge in [0.15, 0.2) is 0 Å². The van der Waals surface area contributed by atoms with Gasteiger partial charge in [-0.05, 0) is 24.1 Å². The number of amidine groups is 1. The molecule has 0 saturated carbocycles. The summed E-state index contributed by atoms with van der Waals surface area (Å²) in [6, 6.07) is 6.94. The van der Waals surface area contributed by atoms with Crippen molar-refractivity contribution in [1.82, 2.24) is 5.32 Å². The lowest BCUT2D eigenvalue weighted by atomic mass is 10.1. The second-order valence-corrected chi connectivity index (χ2v) is 4.34. The van der Waals surface area contributed by atoms with E-state index in [1.54, 1.807) is 25.1 Å². The van der Waals surface area contributed by atoms with E-state index in [0.717, 1.165) is 5.56 Å². The van der Waals surface area contributed by atoms with Gasteiger partial charge in [-0.1, -0.05) is 19.1 Å². The minimum atomic E-state index is -0.285. The smallest absolute Gasteiger partial charge is 0.223 e. The molecule has 0 heterocycles. The molecule has 98 valence electrons. The highest BCUT2D eigenvalue weighted by molar-refractivity contribution is 5.85. The first-order chi connectivity index (χ1) is 8.49. The average Bonchev–Trinajstić information content (AvgIpc) is 2.28. The van der Waals surface area contributed by atoms with E-state index in [1.165, 1.54) is 0 Å². The van der Waals surface area contributed by atoms with Crippen LogP contribution in [0, 0.1) is 11.3 Å². The van der Waals surface area contributed by atoms with E-state index in [9.17, 15) is 9.90 Å². The maximum atomic E-state index is 11.6. The number of rotatable bonds is 6. The minimum absolute atomic E-state index is 0.0191. The molecule has 1 aromatic rings. The zero-order valence-electron chi connectivity index (χ0n) is 10.4. The molecule has 0 spiro atoms. The van der Waals surface area contributed by atoms with Crippen molar-refractivity contribution in [2.45, 2.75) is 19.8 Å². The van der Waals surface area contributed by atoms with Crippen LogP contribution in [0.3, 0.4) is 0 Å². The van der Waals surface area contributed by atoms with Crippen molar-refractivity contribution >= 4 is 11.7 Å². The van der Waals surface area contributed by atoms with Gasteiger partial charge >= 0.3 is 0 Å². The fraction of sp³-hybridized carbons (Fsp3) is 0.385. The van der Waals surface area contributed by atoms with Crippen LogP contribution in [0.5, 0.6) is 5.75 Å². The molecule has 5 heteroatoms. The summed E-state index contributed by atoms with van der Waals surface area (Å²) in [6.45, 7) is 2.25. The fourth-order valence-electron chi connectivity index (χ4n) is 1.64. The number of aromatic hydroxyl groups is 1. The van der Waals surface area contributed by atoms with Crippen molar-refractivity contribution in [1.29, 1.82) is 5.41 Å². The van der Waals surface area contributed by atoms with Gasteiger partial charge in [0.05, 0.1) is 5.84 Å². The van der Waals surface area contributed by atoms with Crippen molar-refractivity contribution in [3.63, 3.8) is 0 Å². The summed E-state index contributed by atoms with van der Waals surface area (Å²) in [5.74, 6) is -0.147. The molecule has 0 unspecified atom stereocenters. The van der Waals surface area contributed by atoms with Gasteiger partial charge in [-0.15, -0.1) is 0 Å². The monoisotopic (exact) mass is 249 g/mol. The lowest BCUT2D eigenvalue weighted by Gasteiger charge is -2.11. The van der Waals surface area contributed by atoms with E-state index < -0.39 is 0 Å². The van der Waals surface area contributed by atoms with E-state index in [2.05, 4.69) is 5.32 Å². The molecule has 1 rings (SSSR count). The number of hydrogen-bond acceptors (Lipinski definition) is 3. The molecule has 0 bridgehead atoms. The number of amides is 1. The van der Waals surface area contributed by atoms with Crippen LogP contribution in [-0.4, -0.2) is 23.4 Å². The van der Waals surface area contributed by atoms with Crippen molar-refractivity contribution in [3.05, 3.63) is 29.8 Å². The Morgan fingerprint density at radius 1 is 1.56 bits per heavy atom. The van der Waals surface area contributed by atoms with Gasteiger partial charge in [0.25, 0.3) is 0 Å². The predicted molar refractivity (Wildman–Crippen MR) is 70.5 cm³/mol. The molecular weight excluding hydrogens is 230 g/mol. The summed E-state index contributed by atoms with van der Waals surface area (Å²) in [5.41, 5.74) is 6.21. The van der Waals surface area contributed by atoms with Crippen molar-refractivity contribution in [2.24, 2.45) is 11.7 Å². The summed E-state index contributed by atoms with van der Waals surface area (Å²) in [6.07, 6.45) is 0.935. The zero-order valence-corrected chi connectivity index (χ0v) is 10.4. The first kappa shape index (κ1) is 14.0. The third kappa shape index (κ3) is 4.86. The Morgan fingerprint density at radius 3 is 2.89 bits per heavy atom. The van der Waals surface area contributed by atoms with Crippen LogP contribution in [-0.2, 0) is 11.2 Å². The molecule has 1 amide bonds. The summed E-state index contributed by atoms with van der Waals surface area (Å²) in [4.78, 5) is 11.6. The van der Waals surface area contributed by atoms with Gasteiger partial charge in [0.1, 0.15) is 5.75 Å². The van der Waals surface area contributed by atoms with Crippen molar-refractivity contribution < 1.29 is 9.90 Å². The van der Waals surface area contributed by atoms with Crippen LogP contribution < -0.4 is 11.1 Å². The normalized spacial score (nSPS) is 11.8. The Hall–Kier alpha value is -2.04. The van der Waals surface area contributed by atoms with Gasteiger partial charge in [-0.2, -0.15) is 0 Å². The summed E-state index contributed by atoms with van der Waals surface area (Å²) in [7, 11) is 0. The van der Waals surface area contributed by atoms with Gasteiger partial charge in [-0.3, -0.25) is 10.2 Å². The molecule has 0 radical (unpaired) electrons. The molecule has 0 aliphatic rings. The number of carbonyl (C=O) groups excluding carboxylic acids is 1. The number of hydrogen-bond donors (Lipinski definition) is 4. The summed E-state index contributed by atoms with van der Waals surface area (Å²) >= 11 is 0. The van der Waals surface area contributed by atoms with E-state index in [4.69, 9.17) is 11.1 Å². The first-order valence-electron chi connectivity index (χ1n) is 5.87. The van der Waals surface area contributed by atoms with Crippen molar-refractivity contribution in [3.8, 4) is 5.75 Å². The van der Waals surface area contributed by atoms with Crippen LogP contribution in [0.4, 0.5) is 0 Å². The highest BCUT2D eigenvalue weighted by Crippen LogP contribution is 2.11. The second-order valence-electron chi connectivity index (χ2n) is 4.34. The van der Waals surface area contributed by atoms with Gasteiger partial charge in [-0.25, -0.2) is 0 Å². The molecule has 0 saturated heterocycles. The lowest BCUT2D eigenvalue weighted by molar-refractivity contribution is -0.124. The van der Waals surface area contributed by atoms with Crippen LogP contribution in [0.1, 0.15) is 18.9 Å². The number of nitrogens with two attached hydrogens (primary N) is 1. The quantitative estimate of drug-likeness (QED) is 0.447. The lowest BCUT2D eigenvalue weighted by Crippen LogP contribution is -2.33. The number of phenolic OH excluding ortho intramolecular Hbond substituents is 1.